The Morgan fingerprint density at radius 2 is 2.12 bits per heavy atom. The number of nitrogens with one attached hydrogen (secondary N) is 1. The van der Waals surface area contributed by atoms with Crippen LogP contribution in [-0.2, 0) is 0 Å². The van der Waals surface area contributed by atoms with Crippen LogP contribution in [0.3, 0.4) is 0 Å². The summed E-state index contributed by atoms with van der Waals surface area (Å²) in [6, 6.07) is 0.786. The number of piperidine rings is 1. The summed E-state index contributed by atoms with van der Waals surface area (Å²) in [6.07, 6.45) is 4.18. The third-order valence-electron chi connectivity index (χ3n) is 1.56. The molecule has 1 heterocycles. The first-order valence-corrected chi connectivity index (χ1v) is 3.13. The minimum atomic E-state index is 0. The second kappa shape index (κ2) is 3.90. The van der Waals surface area contributed by atoms with Crippen molar-refractivity contribution in [2.24, 2.45) is 0 Å². The molecule has 0 spiro atoms. The maximum atomic E-state index is 3.38. The van der Waals surface area contributed by atoms with Crippen LogP contribution in [0.5, 0.6) is 0 Å². The highest BCUT2D eigenvalue weighted by molar-refractivity contribution is 4.65. The minimum absolute atomic E-state index is 0. The van der Waals surface area contributed by atoms with Gasteiger partial charge in [-0.15, -0.1) is 0 Å². The van der Waals surface area contributed by atoms with Gasteiger partial charge in [0.05, 0.1) is 0 Å². The Kier molecular flexibility index (Phi) is 3.88. The quantitative estimate of drug-likeness (QED) is 0.507. The average molecular weight is 115 g/mol. The predicted octanol–water partition coefficient (Wildman–Crippen LogP) is 1.78. The molecule has 1 atom stereocenters. The van der Waals surface area contributed by atoms with Crippen molar-refractivity contribution in [2.75, 3.05) is 6.54 Å². The standard InChI is InChI=1S/C6H13N.CH4/c1-6-4-2-3-5-7-6;/h6-7H,2-5H2,1H3;1H4/t6-;/m1./s1. The number of hydrogen-bond donors (Lipinski definition) is 1. The molecule has 50 valence electrons. The molecule has 0 saturated carbocycles. The lowest BCUT2D eigenvalue weighted by molar-refractivity contribution is 0.425. The first-order valence-electron chi connectivity index (χ1n) is 3.13. The summed E-state index contributed by atoms with van der Waals surface area (Å²) in [5.41, 5.74) is 0. The van der Waals surface area contributed by atoms with Gasteiger partial charge < -0.3 is 5.32 Å². The normalized spacial score (nSPS) is 28.9. The molecule has 1 N–H and O–H groups in total. The van der Waals surface area contributed by atoms with Crippen molar-refractivity contribution < 1.29 is 0 Å². The van der Waals surface area contributed by atoms with Gasteiger partial charge in [-0.1, -0.05) is 13.8 Å². The van der Waals surface area contributed by atoms with Crippen LogP contribution in [0.25, 0.3) is 0 Å². The molecule has 0 aromatic rings. The largest absolute Gasteiger partial charge is 0.314 e. The molecule has 8 heavy (non-hydrogen) atoms. The summed E-state index contributed by atoms with van der Waals surface area (Å²) in [4.78, 5) is 0. The lowest BCUT2D eigenvalue weighted by Crippen LogP contribution is -2.30. The van der Waals surface area contributed by atoms with E-state index in [9.17, 15) is 0 Å². The third kappa shape index (κ3) is 2.31. The Balaban J connectivity index is 0.000000490. The Labute approximate surface area is 52.5 Å². The Morgan fingerprint density at radius 3 is 2.38 bits per heavy atom. The van der Waals surface area contributed by atoms with Gasteiger partial charge in [-0.05, 0) is 26.3 Å². The molecule has 1 aliphatic rings. The molecular weight excluding hydrogens is 98.1 g/mol. The molecule has 1 rings (SSSR count). The van der Waals surface area contributed by atoms with Gasteiger partial charge in [0.1, 0.15) is 0 Å². The molecule has 0 aromatic heterocycles. The third-order valence-corrected chi connectivity index (χ3v) is 1.56. The Bertz CT molecular complexity index is 46.3. The molecule has 1 aliphatic heterocycles. The summed E-state index contributed by atoms with van der Waals surface area (Å²) < 4.78 is 0. The van der Waals surface area contributed by atoms with Crippen LogP contribution in [0.4, 0.5) is 0 Å². The van der Waals surface area contributed by atoms with E-state index in [1.54, 1.807) is 0 Å². The van der Waals surface area contributed by atoms with E-state index in [2.05, 4.69) is 12.2 Å². The van der Waals surface area contributed by atoms with E-state index in [1.807, 2.05) is 0 Å². The van der Waals surface area contributed by atoms with Gasteiger partial charge in [0.2, 0.25) is 0 Å². The molecular formula is C7H17N. The maximum Gasteiger partial charge on any atom is 0.00387 e. The fourth-order valence-corrected chi connectivity index (χ4v) is 1.03. The summed E-state index contributed by atoms with van der Waals surface area (Å²) >= 11 is 0. The van der Waals surface area contributed by atoms with Crippen LogP contribution in [-0.4, -0.2) is 12.6 Å². The van der Waals surface area contributed by atoms with Gasteiger partial charge in [-0.2, -0.15) is 0 Å². The lowest BCUT2D eigenvalue weighted by Gasteiger charge is -2.18. The van der Waals surface area contributed by atoms with Crippen molar-refractivity contribution in [2.45, 2.75) is 39.7 Å². The van der Waals surface area contributed by atoms with Crippen molar-refractivity contribution in [3.8, 4) is 0 Å². The molecule has 1 saturated heterocycles. The molecule has 1 nitrogen and oxygen atoms in total. The van der Waals surface area contributed by atoms with Crippen LogP contribution >= 0.6 is 0 Å². The molecule has 0 aromatic carbocycles. The lowest BCUT2D eigenvalue weighted by atomic mass is 10.1. The van der Waals surface area contributed by atoms with Crippen molar-refractivity contribution >= 4 is 0 Å². The number of rotatable bonds is 0. The SMILES string of the molecule is C.C[C@@H]1CCCCN1. The van der Waals surface area contributed by atoms with E-state index in [1.165, 1.54) is 25.8 Å². The van der Waals surface area contributed by atoms with Crippen LogP contribution in [0.2, 0.25) is 0 Å². The van der Waals surface area contributed by atoms with Gasteiger partial charge in [0.15, 0.2) is 0 Å². The van der Waals surface area contributed by atoms with Crippen molar-refractivity contribution in [1.29, 1.82) is 0 Å². The smallest absolute Gasteiger partial charge is 0.00387 e. The molecule has 0 amide bonds. The van der Waals surface area contributed by atoms with Gasteiger partial charge in [0, 0.05) is 6.04 Å². The van der Waals surface area contributed by atoms with Crippen LogP contribution in [0.15, 0.2) is 0 Å². The first-order chi connectivity index (χ1) is 3.39. The van der Waals surface area contributed by atoms with E-state index in [0.717, 1.165) is 6.04 Å². The zero-order chi connectivity index (χ0) is 5.11. The van der Waals surface area contributed by atoms with Crippen molar-refractivity contribution in [3.63, 3.8) is 0 Å². The van der Waals surface area contributed by atoms with Crippen molar-refractivity contribution in [3.05, 3.63) is 0 Å². The molecule has 0 aliphatic carbocycles. The zero-order valence-electron chi connectivity index (χ0n) is 4.91. The van der Waals surface area contributed by atoms with E-state index in [0.29, 0.717) is 0 Å². The van der Waals surface area contributed by atoms with Gasteiger partial charge in [0.25, 0.3) is 0 Å². The van der Waals surface area contributed by atoms with Crippen LogP contribution in [0.1, 0.15) is 33.6 Å². The monoisotopic (exact) mass is 115 g/mol. The summed E-state index contributed by atoms with van der Waals surface area (Å²) in [7, 11) is 0. The summed E-state index contributed by atoms with van der Waals surface area (Å²) in [5, 5.41) is 3.38. The van der Waals surface area contributed by atoms with E-state index in [4.69, 9.17) is 0 Å². The minimum Gasteiger partial charge on any atom is -0.314 e. The predicted molar refractivity (Wildman–Crippen MR) is 38.0 cm³/mol. The summed E-state index contributed by atoms with van der Waals surface area (Å²) in [5.74, 6) is 0. The maximum absolute atomic E-state index is 3.38. The van der Waals surface area contributed by atoms with E-state index < -0.39 is 0 Å². The molecule has 0 radical (unpaired) electrons. The van der Waals surface area contributed by atoms with E-state index in [-0.39, 0.29) is 7.43 Å². The first kappa shape index (κ1) is 7.96. The van der Waals surface area contributed by atoms with E-state index >= 15 is 0 Å². The topological polar surface area (TPSA) is 12.0 Å². The van der Waals surface area contributed by atoms with Crippen molar-refractivity contribution in [1.82, 2.24) is 5.32 Å². The van der Waals surface area contributed by atoms with Gasteiger partial charge in [-0.25, -0.2) is 0 Å². The summed E-state index contributed by atoms with van der Waals surface area (Å²) in [6.45, 7) is 3.49. The van der Waals surface area contributed by atoms with Gasteiger partial charge in [-0.3, -0.25) is 0 Å². The zero-order valence-corrected chi connectivity index (χ0v) is 4.91. The Morgan fingerprint density at radius 1 is 1.38 bits per heavy atom. The second-order valence-corrected chi connectivity index (χ2v) is 2.35. The van der Waals surface area contributed by atoms with Crippen LogP contribution in [0, 0.1) is 0 Å². The average Bonchev–Trinajstić information content (AvgIpc) is 1.69. The van der Waals surface area contributed by atoms with Crippen LogP contribution < -0.4 is 5.32 Å². The highest BCUT2D eigenvalue weighted by Crippen LogP contribution is 2.04. The highest BCUT2D eigenvalue weighted by atomic mass is 14.9. The Hall–Kier alpha value is -0.0400. The molecule has 0 bridgehead atoms. The molecule has 1 fully saturated rings. The second-order valence-electron chi connectivity index (χ2n) is 2.35. The fraction of sp³-hybridized carbons (Fsp3) is 1.00. The fourth-order valence-electron chi connectivity index (χ4n) is 1.03. The highest BCUT2D eigenvalue weighted by Gasteiger charge is 2.04. The molecule has 0 unspecified atom stereocenters. The number of hydrogen-bond acceptors (Lipinski definition) is 1. The van der Waals surface area contributed by atoms with Gasteiger partial charge >= 0.3 is 0 Å². The molecule has 1 heteroatoms.